The fourth-order valence-electron chi connectivity index (χ4n) is 1.90. The standard InChI is InChI=1S/C10H22N2O/c1-8(6-11)12-7-9-3-2-4-10(13)5-9/h8-10,12-13H,2-7,11H2,1H3. The molecule has 0 heterocycles. The second kappa shape index (κ2) is 5.58. The van der Waals surface area contributed by atoms with Crippen molar-refractivity contribution in [3.8, 4) is 0 Å². The maximum Gasteiger partial charge on any atom is 0.0543 e. The number of rotatable bonds is 4. The summed E-state index contributed by atoms with van der Waals surface area (Å²) in [5.41, 5.74) is 5.50. The molecule has 3 nitrogen and oxygen atoms in total. The van der Waals surface area contributed by atoms with E-state index in [2.05, 4.69) is 12.2 Å². The van der Waals surface area contributed by atoms with E-state index in [1.165, 1.54) is 12.8 Å². The van der Waals surface area contributed by atoms with Crippen molar-refractivity contribution in [2.75, 3.05) is 13.1 Å². The zero-order valence-corrected chi connectivity index (χ0v) is 8.50. The lowest BCUT2D eigenvalue weighted by Crippen LogP contribution is -2.38. The summed E-state index contributed by atoms with van der Waals surface area (Å²) in [7, 11) is 0. The summed E-state index contributed by atoms with van der Waals surface area (Å²) in [5, 5.41) is 12.8. The third-order valence-corrected chi connectivity index (χ3v) is 2.86. The molecule has 0 aliphatic heterocycles. The second-order valence-corrected chi connectivity index (χ2v) is 4.23. The normalized spacial score (nSPS) is 31.6. The SMILES string of the molecule is CC(CN)NCC1CCCC(O)C1. The molecule has 0 aromatic heterocycles. The third-order valence-electron chi connectivity index (χ3n) is 2.86. The number of aliphatic hydroxyl groups excluding tert-OH is 1. The molecule has 0 spiro atoms. The van der Waals surface area contributed by atoms with Gasteiger partial charge < -0.3 is 16.2 Å². The Balaban J connectivity index is 2.13. The molecule has 3 atom stereocenters. The van der Waals surface area contributed by atoms with Gasteiger partial charge in [0.05, 0.1) is 6.10 Å². The first-order valence-corrected chi connectivity index (χ1v) is 5.34. The van der Waals surface area contributed by atoms with Gasteiger partial charge in [0.2, 0.25) is 0 Å². The molecule has 1 rings (SSSR count). The Morgan fingerprint density at radius 1 is 1.54 bits per heavy atom. The van der Waals surface area contributed by atoms with Crippen molar-refractivity contribution in [3.05, 3.63) is 0 Å². The molecule has 0 bridgehead atoms. The maximum absolute atomic E-state index is 9.45. The van der Waals surface area contributed by atoms with Gasteiger partial charge in [0.25, 0.3) is 0 Å². The van der Waals surface area contributed by atoms with Crippen molar-refractivity contribution in [1.82, 2.24) is 5.32 Å². The Kier molecular flexibility index (Phi) is 4.70. The lowest BCUT2D eigenvalue weighted by Gasteiger charge is -2.27. The topological polar surface area (TPSA) is 58.3 Å². The summed E-state index contributed by atoms with van der Waals surface area (Å²) in [6.07, 6.45) is 4.31. The molecule has 3 heteroatoms. The summed E-state index contributed by atoms with van der Waals surface area (Å²) in [6, 6.07) is 0.402. The van der Waals surface area contributed by atoms with Crippen LogP contribution in [0.5, 0.6) is 0 Å². The predicted octanol–water partition coefficient (Wildman–Crippen LogP) is 0.474. The molecule has 1 saturated carbocycles. The van der Waals surface area contributed by atoms with Crippen LogP contribution in [0.2, 0.25) is 0 Å². The fourth-order valence-corrected chi connectivity index (χ4v) is 1.90. The van der Waals surface area contributed by atoms with Crippen LogP contribution in [-0.4, -0.2) is 30.3 Å². The van der Waals surface area contributed by atoms with Gasteiger partial charge in [-0.2, -0.15) is 0 Å². The van der Waals surface area contributed by atoms with Crippen LogP contribution in [0.4, 0.5) is 0 Å². The van der Waals surface area contributed by atoms with Crippen molar-refractivity contribution in [2.24, 2.45) is 11.7 Å². The van der Waals surface area contributed by atoms with E-state index in [1.807, 2.05) is 0 Å². The van der Waals surface area contributed by atoms with Gasteiger partial charge in [0.1, 0.15) is 0 Å². The highest BCUT2D eigenvalue weighted by Crippen LogP contribution is 2.23. The van der Waals surface area contributed by atoms with Gasteiger partial charge in [-0.1, -0.05) is 6.42 Å². The van der Waals surface area contributed by atoms with E-state index in [-0.39, 0.29) is 6.10 Å². The number of nitrogens with two attached hydrogens (primary N) is 1. The van der Waals surface area contributed by atoms with Gasteiger partial charge in [0.15, 0.2) is 0 Å². The van der Waals surface area contributed by atoms with Crippen molar-refractivity contribution in [3.63, 3.8) is 0 Å². The average Bonchev–Trinajstić information content (AvgIpc) is 2.14. The molecule has 0 radical (unpaired) electrons. The summed E-state index contributed by atoms with van der Waals surface area (Å²) in [6.45, 7) is 3.80. The van der Waals surface area contributed by atoms with Gasteiger partial charge in [-0.05, 0) is 38.6 Å². The van der Waals surface area contributed by atoms with Crippen LogP contribution in [0.15, 0.2) is 0 Å². The zero-order valence-electron chi connectivity index (χ0n) is 8.50. The number of hydrogen-bond acceptors (Lipinski definition) is 3. The highest BCUT2D eigenvalue weighted by atomic mass is 16.3. The molecule has 0 saturated heterocycles. The molecule has 0 amide bonds. The third kappa shape index (κ3) is 4.07. The van der Waals surface area contributed by atoms with Crippen molar-refractivity contribution in [2.45, 2.75) is 44.8 Å². The largest absolute Gasteiger partial charge is 0.393 e. The fraction of sp³-hybridized carbons (Fsp3) is 1.00. The molecule has 1 aliphatic carbocycles. The smallest absolute Gasteiger partial charge is 0.0543 e. The lowest BCUT2D eigenvalue weighted by atomic mass is 9.87. The first kappa shape index (κ1) is 11.0. The molecule has 13 heavy (non-hydrogen) atoms. The lowest BCUT2D eigenvalue weighted by molar-refractivity contribution is 0.0999. The quantitative estimate of drug-likeness (QED) is 0.598. The Labute approximate surface area is 80.7 Å². The number of hydrogen-bond donors (Lipinski definition) is 3. The van der Waals surface area contributed by atoms with Crippen LogP contribution in [-0.2, 0) is 0 Å². The van der Waals surface area contributed by atoms with Crippen LogP contribution in [0.25, 0.3) is 0 Å². The van der Waals surface area contributed by atoms with Crippen LogP contribution in [0.3, 0.4) is 0 Å². The maximum atomic E-state index is 9.45. The molecule has 1 fully saturated rings. The highest BCUT2D eigenvalue weighted by molar-refractivity contribution is 4.75. The van der Waals surface area contributed by atoms with E-state index in [1.54, 1.807) is 0 Å². The molecule has 0 aromatic carbocycles. The van der Waals surface area contributed by atoms with Crippen LogP contribution in [0, 0.1) is 5.92 Å². The summed E-state index contributed by atoms with van der Waals surface area (Å²) >= 11 is 0. The van der Waals surface area contributed by atoms with Gasteiger partial charge >= 0.3 is 0 Å². The average molecular weight is 186 g/mol. The minimum absolute atomic E-state index is 0.0614. The predicted molar refractivity (Wildman–Crippen MR) is 54.5 cm³/mol. The highest BCUT2D eigenvalue weighted by Gasteiger charge is 2.19. The van der Waals surface area contributed by atoms with Gasteiger partial charge in [-0.25, -0.2) is 0 Å². The van der Waals surface area contributed by atoms with Crippen molar-refractivity contribution in [1.29, 1.82) is 0 Å². The minimum Gasteiger partial charge on any atom is -0.393 e. The number of nitrogens with one attached hydrogen (secondary N) is 1. The molecule has 78 valence electrons. The van der Waals surface area contributed by atoms with E-state index in [9.17, 15) is 5.11 Å². The van der Waals surface area contributed by atoms with Crippen LogP contribution in [0.1, 0.15) is 32.6 Å². The van der Waals surface area contributed by atoms with Crippen molar-refractivity contribution < 1.29 is 5.11 Å². The Morgan fingerprint density at radius 2 is 2.31 bits per heavy atom. The van der Waals surface area contributed by atoms with Crippen LogP contribution >= 0.6 is 0 Å². The number of aliphatic hydroxyl groups is 1. The Morgan fingerprint density at radius 3 is 2.92 bits per heavy atom. The van der Waals surface area contributed by atoms with Crippen molar-refractivity contribution >= 4 is 0 Å². The summed E-state index contributed by atoms with van der Waals surface area (Å²) < 4.78 is 0. The summed E-state index contributed by atoms with van der Waals surface area (Å²) in [5.74, 6) is 0.651. The Bertz CT molecular complexity index is 141. The molecule has 0 aromatic rings. The Hall–Kier alpha value is -0.120. The zero-order chi connectivity index (χ0) is 9.68. The second-order valence-electron chi connectivity index (χ2n) is 4.23. The van der Waals surface area contributed by atoms with Gasteiger partial charge in [-0.3, -0.25) is 0 Å². The first-order chi connectivity index (χ1) is 6.22. The van der Waals surface area contributed by atoms with E-state index in [4.69, 9.17) is 5.73 Å². The van der Waals surface area contributed by atoms with Gasteiger partial charge in [-0.15, -0.1) is 0 Å². The monoisotopic (exact) mass is 186 g/mol. The van der Waals surface area contributed by atoms with Crippen LogP contribution < -0.4 is 11.1 Å². The van der Waals surface area contributed by atoms with E-state index >= 15 is 0 Å². The van der Waals surface area contributed by atoms with E-state index in [0.29, 0.717) is 18.5 Å². The minimum atomic E-state index is -0.0614. The van der Waals surface area contributed by atoms with E-state index < -0.39 is 0 Å². The molecule has 3 unspecified atom stereocenters. The molecular weight excluding hydrogens is 164 g/mol. The molecule has 1 aliphatic rings. The molecular formula is C10H22N2O. The molecule has 4 N–H and O–H groups in total. The summed E-state index contributed by atoms with van der Waals surface area (Å²) in [4.78, 5) is 0. The van der Waals surface area contributed by atoms with E-state index in [0.717, 1.165) is 19.4 Å². The van der Waals surface area contributed by atoms with Gasteiger partial charge in [0, 0.05) is 12.6 Å². The first-order valence-electron chi connectivity index (χ1n) is 5.34.